The van der Waals surface area contributed by atoms with E-state index in [1.54, 1.807) is 23.1 Å². The summed E-state index contributed by atoms with van der Waals surface area (Å²) in [5.41, 5.74) is 0.409. The van der Waals surface area contributed by atoms with E-state index in [4.69, 9.17) is 4.52 Å². The summed E-state index contributed by atoms with van der Waals surface area (Å²) in [5, 5.41) is 5.69. The summed E-state index contributed by atoms with van der Waals surface area (Å²) < 4.78 is 34.1. The molecule has 1 aliphatic carbocycles. The van der Waals surface area contributed by atoms with Gasteiger partial charge in [-0.1, -0.05) is 5.16 Å². The monoisotopic (exact) mass is 351 g/mol. The van der Waals surface area contributed by atoms with E-state index >= 15 is 0 Å². The van der Waals surface area contributed by atoms with Gasteiger partial charge >= 0.3 is 0 Å². The van der Waals surface area contributed by atoms with Crippen LogP contribution in [0.2, 0.25) is 0 Å². The highest BCUT2D eigenvalue weighted by Crippen LogP contribution is 2.40. The summed E-state index contributed by atoms with van der Waals surface area (Å²) in [4.78, 5) is 8.83. The molecule has 0 radical (unpaired) electrons. The number of sulfonamides is 1. The fraction of sp³-hybridized carbons (Fsp3) is 0.308. The van der Waals surface area contributed by atoms with Crippen molar-refractivity contribution < 1.29 is 12.9 Å². The SMILES string of the molecule is Cn1cnc(S(=O)(=O)Nc2ccsc2-c2nc(C3CC3)no2)c1. The van der Waals surface area contributed by atoms with Gasteiger partial charge in [-0.25, -0.2) is 4.98 Å². The first-order valence-electron chi connectivity index (χ1n) is 6.95. The summed E-state index contributed by atoms with van der Waals surface area (Å²) in [6.07, 6.45) is 5.01. The van der Waals surface area contributed by atoms with Crippen LogP contribution >= 0.6 is 11.3 Å². The number of thiophene rings is 1. The Morgan fingerprint density at radius 3 is 2.96 bits per heavy atom. The predicted octanol–water partition coefficient (Wildman–Crippen LogP) is 2.21. The molecule has 0 aliphatic heterocycles. The van der Waals surface area contributed by atoms with Crippen LogP contribution in [-0.4, -0.2) is 28.1 Å². The Hall–Kier alpha value is -2.20. The van der Waals surface area contributed by atoms with Crippen LogP contribution < -0.4 is 4.72 Å². The minimum absolute atomic E-state index is 0.0404. The number of nitrogens with zero attached hydrogens (tertiary/aromatic N) is 4. The molecule has 10 heteroatoms. The van der Waals surface area contributed by atoms with Gasteiger partial charge in [-0.2, -0.15) is 13.4 Å². The normalized spacial score (nSPS) is 15.0. The zero-order chi connectivity index (χ0) is 16.0. The highest BCUT2D eigenvalue weighted by atomic mass is 32.2. The van der Waals surface area contributed by atoms with Crippen LogP contribution in [0.1, 0.15) is 24.6 Å². The Morgan fingerprint density at radius 1 is 1.43 bits per heavy atom. The fourth-order valence-corrected chi connectivity index (χ4v) is 4.00. The Bertz CT molecular complexity index is 952. The van der Waals surface area contributed by atoms with E-state index in [0.717, 1.165) is 12.8 Å². The molecule has 0 spiro atoms. The van der Waals surface area contributed by atoms with Crippen molar-refractivity contribution in [1.82, 2.24) is 19.7 Å². The lowest BCUT2D eigenvalue weighted by atomic mass is 10.4. The van der Waals surface area contributed by atoms with Crippen molar-refractivity contribution in [2.45, 2.75) is 23.8 Å². The van der Waals surface area contributed by atoms with E-state index in [0.29, 0.717) is 28.2 Å². The number of aromatic nitrogens is 4. The molecule has 0 aromatic carbocycles. The standard InChI is InChI=1S/C13H13N5O3S2/c1-18-6-10(14-7-18)23(19,20)17-9-4-5-22-11(9)13-15-12(16-21-13)8-2-3-8/h4-8,17H,2-3H2,1H3. The molecule has 1 fully saturated rings. The summed E-state index contributed by atoms with van der Waals surface area (Å²) in [5.74, 6) is 1.40. The second-order valence-corrected chi connectivity index (χ2v) is 7.92. The molecule has 0 atom stereocenters. The van der Waals surface area contributed by atoms with Crippen molar-refractivity contribution >= 4 is 27.0 Å². The zero-order valence-electron chi connectivity index (χ0n) is 12.1. The van der Waals surface area contributed by atoms with Gasteiger partial charge in [0.2, 0.25) is 0 Å². The number of rotatable bonds is 5. The number of hydrogen-bond donors (Lipinski definition) is 1. The maximum Gasteiger partial charge on any atom is 0.280 e. The molecule has 0 saturated heterocycles. The number of hydrogen-bond acceptors (Lipinski definition) is 7. The first kappa shape index (κ1) is 14.4. The van der Waals surface area contributed by atoms with Crippen LogP contribution in [0.15, 0.2) is 33.5 Å². The second kappa shape index (κ2) is 5.17. The van der Waals surface area contributed by atoms with E-state index in [9.17, 15) is 8.42 Å². The predicted molar refractivity (Wildman–Crippen MR) is 83.6 cm³/mol. The molecule has 3 aromatic heterocycles. The summed E-state index contributed by atoms with van der Waals surface area (Å²) in [7, 11) is -2.05. The number of imidazole rings is 1. The summed E-state index contributed by atoms with van der Waals surface area (Å²) >= 11 is 1.34. The molecule has 1 aliphatic rings. The molecule has 1 saturated carbocycles. The zero-order valence-corrected chi connectivity index (χ0v) is 13.8. The molecule has 4 rings (SSSR count). The Morgan fingerprint density at radius 2 is 2.26 bits per heavy atom. The molecule has 0 amide bonds. The maximum absolute atomic E-state index is 12.4. The molecule has 23 heavy (non-hydrogen) atoms. The minimum atomic E-state index is -3.76. The fourth-order valence-electron chi connectivity index (χ4n) is 2.11. The van der Waals surface area contributed by atoms with Crippen LogP contribution in [0.4, 0.5) is 5.69 Å². The van der Waals surface area contributed by atoms with Crippen LogP contribution in [0.5, 0.6) is 0 Å². The van der Waals surface area contributed by atoms with Gasteiger partial charge in [0.05, 0.1) is 12.0 Å². The van der Waals surface area contributed by atoms with E-state index < -0.39 is 10.0 Å². The largest absolute Gasteiger partial charge is 0.339 e. The molecule has 3 heterocycles. The number of nitrogens with one attached hydrogen (secondary N) is 1. The highest BCUT2D eigenvalue weighted by molar-refractivity contribution is 7.92. The first-order valence-corrected chi connectivity index (χ1v) is 9.31. The van der Waals surface area contributed by atoms with Gasteiger partial charge in [-0.3, -0.25) is 4.72 Å². The van der Waals surface area contributed by atoms with Crippen molar-refractivity contribution in [3.8, 4) is 10.8 Å². The third kappa shape index (κ3) is 2.75. The van der Waals surface area contributed by atoms with Gasteiger partial charge in [0.15, 0.2) is 10.9 Å². The first-order chi connectivity index (χ1) is 11.0. The van der Waals surface area contributed by atoms with Crippen LogP contribution in [0.3, 0.4) is 0 Å². The Balaban J connectivity index is 1.64. The summed E-state index contributed by atoms with van der Waals surface area (Å²) in [6, 6.07) is 1.67. The molecule has 8 nitrogen and oxygen atoms in total. The lowest BCUT2D eigenvalue weighted by molar-refractivity contribution is 0.423. The van der Waals surface area contributed by atoms with Gasteiger partial charge in [0.25, 0.3) is 15.9 Å². The van der Waals surface area contributed by atoms with E-state index in [1.807, 2.05) is 0 Å². The average molecular weight is 351 g/mol. The topological polar surface area (TPSA) is 103 Å². The van der Waals surface area contributed by atoms with Crippen molar-refractivity contribution in [2.24, 2.45) is 7.05 Å². The molecule has 120 valence electrons. The minimum Gasteiger partial charge on any atom is -0.339 e. The quantitative estimate of drug-likeness (QED) is 0.756. The van der Waals surface area contributed by atoms with E-state index in [1.165, 1.54) is 23.9 Å². The van der Waals surface area contributed by atoms with Crippen molar-refractivity contribution in [3.05, 3.63) is 29.8 Å². The van der Waals surface area contributed by atoms with Gasteiger partial charge in [-0.15, -0.1) is 11.3 Å². The lowest BCUT2D eigenvalue weighted by Gasteiger charge is -2.04. The smallest absolute Gasteiger partial charge is 0.280 e. The molecule has 0 bridgehead atoms. The maximum atomic E-state index is 12.4. The lowest BCUT2D eigenvalue weighted by Crippen LogP contribution is -2.13. The van der Waals surface area contributed by atoms with Gasteiger partial charge in [-0.05, 0) is 24.3 Å². The third-order valence-electron chi connectivity index (χ3n) is 3.44. The Kier molecular flexibility index (Phi) is 3.23. The Labute approximate surface area is 136 Å². The second-order valence-electron chi connectivity index (χ2n) is 5.38. The van der Waals surface area contributed by atoms with Crippen LogP contribution in [0.25, 0.3) is 10.8 Å². The number of aryl methyl sites for hydroxylation is 1. The van der Waals surface area contributed by atoms with Crippen molar-refractivity contribution in [1.29, 1.82) is 0 Å². The molecule has 3 aromatic rings. The average Bonchev–Trinajstić information content (AvgIpc) is 2.91. The van der Waals surface area contributed by atoms with Gasteiger partial charge in [0.1, 0.15) is 4.88 Å². The molecular formula is C13H13N5O3S2. The van der Waals surface area contributed by atoms with E-state index in [2.05, 4.69) is 19.8 Å². The number of anilines is 1. The molecule has 1 N–H and O–H groups in total. The third-order valence-corrected chi connectivity index (χ3v) is 5.60. The van der Waals surface area contributed by atoms with Crippen LogP contribution in [0, 0.1) is 0 Å². The van der Waals surface area contributed by atoms with Crippen molar-refractivity contribution in [2.75, 3.05) is 4.72 Å². The van der Waals surface area contributed by atoms with Crippen LogP contribution in [-0.2, 0) is 17.1 Å². The van der Waals surface area contributed by atoms with Gasteiger partial charge < -0.3 is 9.09 Å². The van der Waals surface area contributed by atoms with Gasteiger partial charge in [0, 0.05) is 19.2 Å². The summed E-state index contributed by atoms with van der Waals surface area (Å²) in [6.45, 7) is 0. The molecule has 0 unspecified atom stereocenters. The van der Waals surface area contributed by atoms with Crippen molar-refractivity contribution in [3.63, 3.8) is 0 Å². The molecular weight excluding hydrogens is 338 g/mol. The van der Waals surface area contributed by atoms with E-state index in [-0.39, 0.29) is 5.03 Å². The highest BCUT2D eigenvalue weighted by Gasteiger charge is 2.30.